The molecule has 0 atom stereocenters. The molecule has 2 aromatic heterocycles. The first-order valence-electron chi connectivity index (χ1n) is 6.30. The van der Waals surface area contributed by atoms with E-state index in [1.54, 1.807) is 0 Å². The number of hydrogen-bond acceptors (Lipinski definition) is 5. The second-order valence-electron chi connectivity index (χ2n) is 4.25. The van der Waals surface area contributed by atoms with Crippen LogP contribution in [0, 0.1) is 0 Å². The van der Waals surface area contributed by atoms with Gasteiger partial charge in [-0.2, -0.15) is 9.47 Å². The molecule has 2 aromatic rings. The Balaban J connectivity index is 1.97. The summed E-state index contributed by atoms with van der Waals surface area (Å²) in [5.41, 5.74) is 2.37. The van der Waals surface area contributed by atoms with Crippen LogP contribution in [0.25, 0.3) is 0 Å². The second-order valence-corrected chi connectivity index (χ2v) is 5.00. The molecule has 0 aliphatic carbocycles. The highest BCUT2D eigenvalue weighted by molar-refractivity contribution is 7.09. The highest BCUT2D eigenvalue weighted by Gasteiger charge is 2.07. The van der Waals surface area contributed by atoms with E-state index in [4.69, 9.17) is 0 Å². The minimum absolute atomic E-state index is 0.762. The van der Waals surface area contributed by atoms with Crippen molar-refractivity contribution in [1.29, 1.82) is 0 Å². The van der Waals surface area contributed by atoms with Crippen molar-refractivity contribution < 1.29 is 0 Å². The fourth-order valence-corrected chi connectivity index (χ4v) is 2.46. The van der Waals surface area contributed by atoms with E-state index >= 15 is 0 Å². The van der Waals surface area contributed by atoms with Crippen LogP contribution in [0.2, 0.25) is 0 Å². The Hall–Kier alpha value is -1.43. The monoisotopic (exact) mass is 265 g/mol. The third-order valence-corrected chi connectivity index (χ3v) is 3.41. The Kier molecular flexibility index (Phi) is 4.30. The minimum Gasteiger partial charge on any atom is -0.356 e. The van der Waals surface area contributed by atoms with Gasteiger partial charge in [0.15, 0.2) is 0 Å². The third kappa shape index (κ3) is 3.07. The molecule has 6 heteroatoms. The van der Waals surface area contributed by atoms with Gasteiger partial charge in [-0.1, -0.05) is 13.8 Å². The number of nitrogens with zero attached hydrogens (tertiary/aromatic N) is 4. The number of aromatic nitrogens is 4. The predicted molar refractivity (Wildman–Crippen MR) is 73.8 cm³/mol. The summed E-state index contributed by atoms with van der Waals surface area (Å²) in [5.74, 6) is 0.937. The van der Waals surface area contributed by atoms with E-state index in [0.29, 0.717) is 0 Å². The molecule has 98 valence electrons. The Morgan fingerprint density at radius 1 is 1.39 bits per heavy atom. The predicted octanol–water partition coefficient (Wildman–Crippen LogP) is 2.40. The largest absolute Gasteiger partial charge is 0.356 e. The van der Waals surface area contributed by atoms with Gasteiger partial charge in [-0.25, -0.2) is 4.98 Å². The van der Waals surface area contributed by atoms with Gasteiger partial charge in [0.05, 0.1) is 5.69 Å². The van der Waals surface area contributed by atoms with Crippen LogP contribution >= 0.6 is 11.5 Å². The van der Waals surface area contributed by atoms with Crippen LogP contribution in [0.4, 0.5) is 5.13 Å². The molecular weight excluding hydrogens is 246 g/mol. The zero-order chi connectivity index (χ0) is 13.0. The van der Waals surface area contributed by atoms with Gasteiger partial charge >= 0.3 is 0 Å². The summed E-state index contributed by atoms with van der Waals surface area (Å²) in [7, 11) is 1.95. The van der Waals surface area contributed by atoms with E-state index in [1.165, 1.54) is 17.1 Å². The van der Waals surface area contributed by atoms with Gasteiger partial charge in [-0.15, -0.1) is 0 Å². The molecule has 0 spiro atoms. The van der Waals surface area contributed by atoms with Gasteiger partial charge in [0.2, 0.25) is 5.13 Å². The van der Waals surface area contributed by atoms with Crippen LogP contribution in [0.5, 0.6) is 0 Å². The van der Waals surface area contributed by atoms with E-state index in [9.17, 15) is 0 Å². The maximum atomic E-state index is 4.45. The molecule has 2 rings (SSSR count). The minimum atomic E-state index is 0.762. The standard InChI is InChI=1S/C12H19N5S/c1-4-6-11-14-12(18-16-11)13-7-9-8-17(3)15-10(9)5-2/h8H,4-7H2,1-3H3,(H,13,14,16). The van der Waals surface area contributed by atoms with Gasteiger partial charge in [-0.3, -0.25) is 4.68 Å². The van der Waals surface area contributed by atoms with E-state index in [-0.39, 0.29) is 0 Å². The first-order valence-corrected chi connectivity index (χ1v) is 7.08. The van der Waals surface area contributed by atoms with E-state index in [2.05, 4.69) is 39.8 Å². The molecule has 0 bridgehead atoms. The summed E-state index contributed by atoms with van der Waals surface area (Å²) in [6.45, 7) is 5.02. The summed E-state index contributed by atoms with van der Waals surface area (Å²) >= 11 is 1.43. The first-order chi connectivity index (χ1) is 8.72. The Bertz CT molecular complexity index is 502. The summed E-state index contributed by atoms with van der Waals surface area (Å²) < 4.78 is 6.17. The normalized spacial score (nSPS) is 10.8. The highest BCUT2D eigenvalue weighted by atomic mass is 32.1. The molecule has 2 heterocycles. The average molecular weight is 265 g/mol. The van der Waals surface area contributed by atoms with Crippen LogP contribution in [-0.2, 0) is 26.4 Å². The highest BCUT2D eigenvalue weighted by Crippen LogP contribution is 2.15. The SMILES string of the molecule is CCCc1nsc(NCc2cn(C)nc2CC)n1. The lowest BCUT2D eigenvalue weighted by atomic mass is 10.2. The molecule has 0 saturated heterocycles. The number of aryl methyl sites for hydroxylation is 3. The van der Waals surface area contributed by atoms with Gasteiger partial charge in [0, 0.05) is 43.3 Å². The topological polar surface area (TPSA) is 55.6 Å². The zero-order valence-corrected chi connectivity index (χ0v) is 11.9. The van der Waals surface area contributed by atoms with Crippen molar-refractivity contribution in [3.8, 4) is 0 Å². The molecule has 1 N–H and O–H groups in total. The van der Waals surface area contributed by atoms with Gasteiger partial charge in [0.1, 0.15) is 5.82 Å². The molecule has 0 fully saturated rings. The average Bonchev–Trinajstić information content (AvgIpc) is 2.93. The zero-order valence-electron chi connectivity index (χ0n) is 11.1. The quantitative estimate of drug-likeness (QED) is 0.871. The molecule has 0 aromatic carbocycles. The Labute approximate surface area is 111 Å². The molecule has 0 radical (unpaired) electrons. The van der Waals surface area contributed by atoms with Crippen molar-refractivity contribution >= 4 is 16.7 Å². The van der Waals surface area contributed by atoms with E-state index < -0.39 is 0 Å². The number of anilines is 1. The Morgan fingerprint density at radius 3 is 2.94 bits per heavy atom. The summed E-state index contributed by atoms with van der Waals surface area (Å²) in [4.78, 5) is 4.45. The summed E-state index contributed by atoms with van der Waals surface area (Å²) in [6.07, 6.45) is 5.04. The third-order valence-electron chi connectivity index (χ3n) is 2.70. The Morgan fingerprint density at radius 2 is 2.22 bits per heavy atom. The van der Waals surface area contributed by atoms with Crippen molar-refractivity contribution in [2.24, 2.45) is 7.05 Å². The maximum absolute atomic E-state index is 4.45. The van der Waals surface area contributed by atoms with Gasteiger partial charge in [-0.05, 0) is 12.8 Å². The fourth-order valence-electron chi connectivity index (χ4n) is 1.85. The number of rotatable bonds is 6. The van der Waals surface area contributed by atoms with Crippen LogP contribution in [0.3, 0.4) is 0 Å². The van der Waals surface area contributed by atoms with Crippen molar-refractivity contribution in [1.82, 2.24) is 19.1 Å². The number of nitrogens with one attached hydrogen (secondary N) is 1. The molecule has 0 unspecified atom stereocenters. The van der Waals surface area contributed by atoms with Gasteiger partial charge < -0.3 is 5.32 Å². The first kappa shape index (κ1) is 13.0. The van der Waals surface area contributed by atoms with Crippen molar-refractivity contribution in [3.05, 3.63) is 23.3 Å². The fraction of sp³-hybridized carbons (Fsp3) is 0.583. The van der Waals surface area contributed by atoms with E-state index in [0.717, 1.165) is 42.5 Å². The smallest absolute Gasteiger partial charge is 0.202 e. The summed E-state index contributed by atoms with van der Waals surface area (Å²) in [6, 6.07) is 0. The molecule has 0 saturated carbocycles. The molecule has 5 nitrogen and oxygen atoms in total. The van der Waals surface area contributed by atoms with Crippen LogP contribution < -0.4 is 5.32 Å². The lowest BCUT2D eigenvalue weighted by molar-refractivity contribution is 0.746. The van der Waals surface area contributed by atoms with Crippen LogP contribution in [-0.4, -0.2) is 19.1 Å². The molecule has 18 heavy (non-hydrogen) atoms. The molecular formula is C12H19N5S. The maximum Gasteiger partial charge on any atom is 0.202 e. The van der Waals surface area contributed by atoms with Crippen molar-refractivity contribution in [3.63, 3.8) is 0 Å². The van der Waals surface area contributed by atoms with E-state index in [1.807, 2.05) is 11.7 Å². The van der Waals surface area contributed by atoms with Crippen LogP contribution in [0.15, 0.2) is 6.20 Å². The lowest BCUT2D eigenvalue weighted by Crippen LogP contribution is -2.01. The van der Waals surface area contributed by atoms with Crippen molar-refractivity contribution in [2.45, 2.75) is 39.7 Å². The van der Waals surface area contributed by atoms with Gasteiger partial charge in [0.25, 0.3) is 0 Å². The van der Waals surface area contributed by atoms with Crippen molar-refractivity contribution in [2.75, 3.05) is 5.32 Å². The molecule has 0 amide bonds. The number of hydrogen-bond donors (Lipinski definition) is 1. The molecule has 0 aliphatic rings. The molecule has 0 aliphatic heterocycles. The summed E-state index contributed by atoms with van der Waals surface area (Å²) in [5, 5.41) is 8.63. The lowest BCUT2D eigenvalue weighted by Gasteiger charge is -2.00. The second kappa shape index (κ2) is 5.95. The van der Waals surface area contributed by atoms with Crippen LogP contribution in [0.1, 0.15) is 37.4 Å².